The number of hydrogen-bond acceptors (Lipinski definition) is 1. The predicted molar refractivity (Wildman–Crippen MR) is 91.3 cm³/mol. The summed E-state index contributed by atoms with van der Waals surface area (Å²) in [6.07, 6.45) is 0.891. The quantitative estimate of drug-likeness (QED) is 0.667. The molecule has 0 radical (unpaired) electrons. The smallest absolute Gasteiger partial charge is 0.128 e. The van der Waals surface area contributed by atoms with Crippen molar-refractivity contribution in [2.45, 2.75) is 26.8 Å². The van der Waals surface area contributed by atoms with Gasteiger partial charge < -0.3 is 4.57 Å². The molecule has 0 bridgehead atoms. The molecule has 1 aromatic heterocycles. The maximum Gasteiger partial charge on any atom is 0.128 e. The van der Waals surface area contributed by atoms with Crippen LogP contribution < -0.4 is 0 Å². The highest BCUT2D eigenvalue weighted by Crippen LogP contribution is 2.32. The summed E-state index contributed by atoms with van der Waals surface area (Å²) in [6, 6.07) is 16.8. The first-order chi connectivity index (χ1) is 10.6. The molecule has 0 fully saturated rings. The average Bonchev–Trinajstić information content (AvgIpc) is 2.77. The first-order valence-corrected chi connectivity index (χ1v) is 7.72. The van der Waals surface area contributed by atoms with Gasteiger partial charge in [-0.25, -0.2) is 0 Å². The average molecular weight is 309 g/mol. The van der Waals surface area contributed by atoms with Gasteiger partial charge in [0, 0.05) is 11.9 Å². The Kier molecular flexibility index (Phi) is 3.92. The van der Waals surface area contributed by atoms with Crippen LogP contribution in [0.25, 0.3) is 10.9 Å². The minimum atomic E-state index is 0.544. The SMILES string of the molecule is Cc1cc(C)c2c(c1)c(C#N)c(Cl)n2CCc1ccccc1. The van der Waals surface area contributed by atoms with Crippen LogP contribution in [0.15, 0.2) is 42.5 Å². The minimum Gasteiger partial charge on any atom is -0.330 e. The van der Waals surface area contributed by atoms with Crippen LogP contribution in [-0.4, -0.2) is 4.57 Å². The summed E-state index contributed by atoms with van der Waals surface area (Å²) >= 11 is 6.48. The monoisotopic (exact) mass is 308 g/mol. The Bertz CT molecular complexity index is 870. The van der Waals surface area contributed by atoms with Crippen molar-refractivity contribution in [2.75, 3.05) is 0 Å². The van der Waals surface area contributed by atoms with Crippen molar-refractivity contribution >= 4 is 22.5 Å². The molecular formula is C19H17ClN2. The van der Waals surface area contributed by atoms with Crippen molar-refractivity contribution in [3.05, 3.63) is 69.9 Å². The van der Waals surface area contributed by atoms with E-state index in [1.165, 1.54) is 5.56 Å². The first-order valence-electron chi connectivity index (χ1n) is 7.34. The van der Waals surface area contributed by atoms with Gasteiger partial charge in [0.15, 0.2) is 0 Å². The lowest BCUT2D eigenvalue weighted by Crippen LogP contribution is -2.02. The highest BCUT2D eigenvalue weighted by atomic mass is 35.5. The normalized spacial score (nSPS) is 10.8. The number of halogens is 1. The fourth-order valence-electron chi connectivity index (χ4n) is 3.05. The molecule has 110 valence electrons. The Morgan fingerprint density at radius 1 is 1.14 bits per heavy atom. The zero-order valence-electron chi connectivity index (χ0n) is 12.7. The summed E-state index contributed by atoms with van der Waals surface area (Å²) in [6.45, 7) is 4.89. The molecule has 2 aromatic carbocycles. The highest BCUT2D eigenvalue weighted by Gasteiger charge is 2.17. The second-order valence-electron chi connectivity index (χ2n) is 5.64. The van der Waals surface area contributed by atoms with E-state index < -0.39 is 0 Å². The lowest BCUT2D eigenvalue weighted by molar-refractivity contribution is 0.722. The van der Waals surface area contributed by atoms with Gasteiger partial charge >= 0.3 is 0 Å². The van der Waals surface area contributed by atoms with E-state index in [1.54, 1.807) is 0 Å². The maximum absolute atomic E-state index is 9.45. The van der Waals surface area contributed by atoms with E-state index in [1.807, 2.05) is 31.2 Å². The molecule has 22 heavy (non-hydrogen) atoms. The number of aromatic nitrogens is 1. The zero-order chi connectivity index (χ0) is 15.7. The molecule has 0 aliphatic rings. The number of nitrogens with zero attached hydrogens (tertiary/aromatic N) is 2. The van der Waals surface area contributed by atoms with Gasteiger partial charge in [-0.3, -0.25) is 0 Å². The Morgan fingerprint density at radius 3 is 2.55 bits per heavy atom. The topological polar surface area (TPSA) is 28.7 Å². The summed E-state index contributed by atoms with van der Waals surface area (Å²) < 4.78 is 2.07. The summed E-state index contributed by atoms with van der Waals surface area (Å²) in [5.41, 5.74) is 5.23. The molecule has 0 spiro atoms. The predicted octanol–water partition coefficient (Wildman–Crippen LogP) is 5.03. The lowest BCUT2D eigenvalue weighted by Gasteiger charge is -2.09. The summed E-state index contributed by atoms with van der Waals surface area (Å²) in [5.74, 6) is 0. The van der Waals surface area contributed by atoms with E-state index in [4.69, 9.17) is 11.6 Å². The Labute approximate surface area is 135 Å². The van der Waals surface area contributed by atoms with Crippen LogP contribution in [0, 0.1) is 25.2 Å². The van der Waals surface area contributed by atoms with Gasteiger partial charge in [0.2, 0.25) is 0 Å². The number of hydrogen-bond donors (Lipinski definition) is 0. The van der Waals surface area contributed by atoms with Crippen LogP contribution in [0.4, 0.5) is 0 Å². The van der Waals surface area contributed by atoms with E-state index in [-0.39, 0.29) is 0 Å². The van der Waals surface area contributed by atoms with Gasteiger partial charge in [-0.1, -0.05) is 53.6 Å². The molecular weight excluding hydrogens is 292 g/mol. The number of aryl methyl sites for hydroxylation is 4. The Hall–Kier alpha value is -2.24. The number of fused-ring (bicyclic) bond motifs is 1. The molecule has 0 N–H and O–H groups in total. The zero-order valence-corrected chi connectivity index (χ0v) is 13.5. The van der Waals surface area contributed by atoms with Crippen molar-refractivity contribution in [3.63, 3.8) is 0 Å². The van der Waals surface area contributed by atoms with E-state index in [0.29, 0.717) is 10.7 Å². The molecule has 0 saturated heterocycles. The maximum atomic E-state index is 9.45. The van der Waals surface area contributed by atoms with Crippen LogP contribution in [0.1, 0.15) is 22.3 Å². The Balaban J connectivity index is 2.09. The molecule has 3 rings (SSSR count). The lowest BCUT2D eigenvalue weighted by atomic mass is 10.1. The second-order valence-corrected chi connectivity index (χ2v) is 6.00. The third kappa shape index (κ3) is 2.49. The van der Waals surface area contributed by atoms with Crippen molar-refractivity contribution in [2.24, 2.45) is 0 Å². The standard InChI is InChI=1S/C19H17ClN2/c1-13-10-14(2)18-16(11-13)17(12-21)19(20)22(18)9-8-15-6-4-3-5-7-15/h3-7,10-11H,8-9H2,1-2H3. The third-order valence-corrected chi connectivity index (χ3v) is 4.40. The van der Waals surface area contributed by atoms with Crippen molar-refractivity contribution in [1.82, 2.24) is 4.57 Å². The summed E-state index contributed by atoms with van der Waals surface area (Å²) in [5, 5.41) is 10.9. The van der Waals surface area contributed by atoms with Crippen molar-refractivity contribution in [3.8, 4) is 6.07 Å². The molecule has 0 amide bonds. The van der Waals surface area contributed by atoms with Crippen LogP contribution in [-0.2, 0) is 13.0 Å². The summed E-state index contributed by atoms with van der Waals surface area (Å²) in [4.78, 5) is 0. The molecule has 0 aliphatic carbocycles. The molecule has 0 unspecified atom stereocenters. The number of benzene rings is 2. The molecule has 2 nitrogen and oxygen atoms in total. The molecule has 3 aromatic rings. The van der Waals surface area contributed by atoms with Gasteiger partial charge in [-0.05, 0) is 37.5 Å². The number of rotatable bonds is 3. The summed E-state index contributed by atoms with van der Waals surface area (Å²) in [7, 11) is 0. The van der Waals surface area contributed by atoms with Crippen LogP contribution >= 0.6 is 11.6 Å². The van der Waals surface area contributed by atoms with Gasteiger partial charge in [0.05, 0.1) is 11.1 Å². The van der Waals surface area contributed by atoms with Crippen LogP contribution in [0.5, 0.6) is 0 Å². The minimum absolute atomic E-state index is 0.544. The van der Waals surface area contributed by atoms with E-state index >= 15 is 0 Å². The van der Waals surface area contributed by atoms with Crippen molar-refractivity contribution in [1.29, 1.82) is 5.26 Å². The fourth-order valence-corrected chi connectivity index (χ4v) is 3.37. The third-order valence-electron chi connectivity index (χ3n) is 4.01. The second kappa shape index (κ2) is 5.87. The van der Waals surface area contributed by atoms with Gasteiger partial charge in [-0.15, -0.1) is 0 Å². The van der Waals surface area contributed by atoms with Gasteiger partial charge in [0.25, 0.3) is 0 Å². The molecule has 0 atom stereocenters. The molecule has 1 heterocycles. The molecule has 3 heteroatoms. The Morgan fingerprint density at radius 2 is 1.86 bits per heavy atom. The largest absolute Gasteiger partial charge is 0.330 e. The van der Waals surface area contributed by atoms with E-state index in [2.05, 4.69) is 35.8 Å². The van der Waals surface area contributed by atoms with Gasteiger partial charge in [0.1, 0.15) is 11.2 Å². The fraction of sp³-hybridized carbons (Fsp3) is 0.211. The highest BCUT2D eigenvalue weighted by molar-refractivity contribution is 6.32. The van der Waals surface area contributed by atoms with E-state index in [0.717, 1.165) is 35.0 Å². The van der Waals surface area contributed by atoms with Crippen LogP contribution in [0.2, 0.25) is 5.15 Å². The van der Waals surface area contributed by atoms with Crippen LogP contribution in [0.3, 0.4) is 0 Å². The van der Waals surface area contributed by atoms with Gasteiger partial charge in [-0.2, -0.15) is 5.26 Å². The number of nitriles is 1. The molecule has 0 saturated carbocycles. The molecule has 0 aliphatic heterocycles. The first kappa shape index (κ1) is 14.7. The van der Waals surface area contributed by atoms with Crippen molar-refractivity contribution < 1.29 is 0 Å². The van der Waals surface area contributed by atoms with E-state index in [9.17, 15) is 5.26 Å².